The average Bonchev–Trinajstić information content (AvgIpc) is 2.82. The molecule has 0 aromatic rings. The van der Waals surface area contributed by atoms with Crippen molar-refractivity contribution in [3.63, 3.8) is 0 Å². The minimum atomic E-state index is -0.328. The molecule has 3 nitrogen and oxygen atoms in total. The van der Waals surface area contributed by atoms with Gasteiger partial charge in [0.05, 0.1) is 12.2 Å². The number of hydrogen-bond donors (Lipinski definition) is 1. The van der Waals surface area contributed by atoms with E-state index in [1.54, 1.807) is 0 Å². The smallest absolute Gasteiger partial charge is 0.109 e. The summed E-state index contributed by atoms with van der Waals surface area (Å²) in [5, 5.41) is 12.3. The lowest BCUT2D eigenvalue weighted by Gasteiger charge is -2.19. The molecule has 0 bridgehead atoms. The molecule has 0 aliphatic heterocycles. The molecule has 0 spiro atoms. The summed E-state index contributed by atoms with van der Waals surface area (Å²) in [6.45, 7) is 3.11. The van der Waals surface area contributed by atoms with Gasteiger partial charge in [-0.3, -0.25) is 0 Å². The highest BCUT2D eigenvalue weighted by Crippen LogP contribution is 2.31. The summed E-state index contributed by atoms with van der Waals surface area (Å²) >= 11 is 0. The second kappa shape index (κ2) is 8.50. The summed E-state index contributed by atoms with van der Waals surface area (Å²) in [4.78, 5) is 0. The van der Waals surface area contributed by atoms with E-state index in [9.17, 15) is 0 Å². The first-order valence-corrected chi connectivity index (χ1v) is 7.48. The maximum absolute atomic E-state index is 9.16. The molecule has 0 aromatic carbocycles. The molecule has 3 heteroatoms. The Balaban J connectivity index is 2.03. The van der Waals surface area contributed by atoms with Gasteiger partial charge in [-0.15, -0.1) is 0 Å². The van der Waals surface area contributed by atoms with E-state index in [0.717, 1.165) is 25.9 Å². The Morgan fingerprint density at radius 2 is 2.00 bits per heavy atom. The second-order valence-electron chi connectivity index (χ2n) is 5.45. The first-order chi connectivity index (χ1) is 8.76. The van der Waals surface area contributed by atoms with E-state index in [1.165, 1.54) is 38.5 Å². The van der Waals surface area contributed by atoms with Crippen molar-refractivity contribution >= 4 is 0 Å². The van der Waals surface area contributed by atoms with Gasteiger partial charge in [-0.2, -0.15) is 5.26 Å². The van der Waals surface area contributed by atoms with E-state index < -0.39 is 0 Å². The number of nitrogens with zero attached hydrogens (tertiary/aromatic N) is 1. The summed E-state index contributed by atoms with van der Waals surface area (Å²) in [7, 11) is 1.87. The molecule has 104 valence electrons. The van der Waals surface area contributed by atoms with Crippen LogP contribution in [0.1, 0.15) is 64.7 Å². The molecule has 1 rings (SSSR count). The van der Waals surface area contributed by atoms with Gasteiger partial charge in [-0.25, -0.2) is 0 Å². The quantitative estimate of drug-likeness (QED) is 0.640. The zero-order valence-corrected chi connectivity index (χ0v) is 12.0. The van der Waals surface area contributed by atoms with E-state index in [0.29, 0.717) is 0 Å². The van der Waals surface area contributed by atoms with Crippen LogP contribution in [-0.2, 0) is 4.74 Å². The molecule has 1 saturated carbocycles. The van der Waals surface area contributed by atoms with Gasteiger partial charge in [0, 0.05) is 13.0 Å². The highest BCUT2D eigenvalue weighted by atomic mass is 16.5. The Kier molecular flexibility index (Phi) is 7.31. The maximum Gasteiger partial charge on any atom is 0.109 e. The van der Waals surface area contributed by atoms with Crippen LogP contribution in [0, 0.1) is 11.3 Å². The Labute approximate surface area is 112 Å². The number of rotatable bonds is 9. The molecule has 2 unspecified atom stereocenters. The molecule has 18 heavy (non-hydrogen) atoms. The minimum Gasteiger partial charge on any atom is -0.378 e. The third-order valence-corrected chi connectivity index (χ3v) is 4.01. The number of hydrogen-bond acceptors (Lipinski definition) is 3. The Hall–Kier alpha value is -0.590. The van der Waals surface area contributed by atoms with E-state index in [-0.39, 0.29) is 11.6 Å². The van der Waals surface area contributed by atoms with Crippen molar-refractivity contribution in [2.75, 3.05) is 13.7 Å². The van der Waals surface area contributed by atoms with Crippen molar-refractivity contribution in [2.24, 2.45) is 0 Å². The normalized spacial score (nSPS) is 27.3. The molecule has 0 saturated heterocycles. The van der Waals surface area contributed by atoms with Gasteiger partial charge < -0.3 is 10.1 Å². The van der Waals surface area contributed by atoms with Gasteiger partial charge in [0.2, 0.25) is 0 Å². The fourth-order valence-corrected chi connectivity index (χ4v) is 2.66. The zero-order valence-electron chi connectivity index (χ0n) is 12.0. The van der Waals surface area contributed by atoms with Gasteiger partial charge in [-0.05, 0) is 26.3 Å². The lowest BCUT2D eigenvalue weighted by atomic mass is 10.0. The van der Waals surface area contributed by atoms with Crippen LogP contribution in [0.2, 0.25) is 0 Å². The molecule has 1 fully saturated rings. The van der Waals surface area contributed by atoms with Crippen LogP contribution in [0.3, 0.4) is 0 Å². The first-order valence-electron chi connectivity index (χ1n) is 7.48. The van der Waals surface area contributed by atoms with Crippen molar-refractivity contribution in [1.29, 1.82) is 5.26 Å². The maximum atomic E-state index is 9.16. The topological polar surface area (TPSA) is 45.0 Å². The largest absolute Gasteiger partial charge is 0.378 e. The van der Waals surface area contributed by atoms with Crippen LogP contribution in [0.4, 0.5) is 0 Å². The SMILES string of the molecule is CCCCCCCCOC1CCC(C#N)(NC)C1. The van der Waals surface area contributed by atoms with Crippen molar-refractivity contribution in [3.05, 3.63) is 0 Å². The van der Waals surface area contributed by atoms with Crippen molar-refractivity contribution in [1.82, 2.24) is 5.32 Å². The van der Waals surface area contributed by atoms with E-state index in [1.807, 2.05) is 7.05 Å². The molecular weight excluding hydrogens is 224 g/mol. The Bertz CT molecular complexity index is 262. The molecular formula is C15H28N2O. The monoisotopic (exact) mass is 252 g/mol. The molecule has 0 heterocycles. The summed E-state index contributed by atoms with van der Waals surface area (Å²) in [6, 6.07) is 2.39. The fraction of sp³-hybridized carbons (Fsp3) is 0.933. The van der Waals surface area contributed by atoms with Crippen LogP contribution in [0.15, 0.2) is 0 Å². The lowest BCUT2D eigenvalue weighted by Crippen LogP contribution is -2.39. The summed E-state index contributed by atoms with van der Waals surface area (Å²) in [5.41, 5.74) is -0.328. The van der Waals surface area contributed by atoms with Crippen molar-refractivity contribution < 1.29 is 4.74 Å². The lowest BCUT2D eigenvalue weighted by molar-refractivity contribution is 0.0522. The number of nitriles is 1. The molecule has 0 aromatic heterocycles. The van der Waals surface area contributed by atoms with Crippen molar-refractivity contribution in [2.45, 2.75) is 76.4 Å². The highest BCUT2D eigenvalue weighted by Gasteiger charge is 2.38. The van der Waals surface area contributed by atoms with Gasteiger partial charge >= 0.3 is 0 Å². The molecule has 0 amide bonds. The van der Waals surface area contributed by atoms with Crippen LogP contribution < -0.4 is 5.32 Å². The van der Waals surface area contributed by atoms with Crippen LogP contribution in [0.5, 0.6) is 0 Å². The third-order valence-electron chi connectivity index (χ3n) is 4.01. The Morgan fingerprint density at radius 3 is 2.61 bits per heavy atom. The molecule has 1 N–H and O–H groups in total. The summed E-state index contributed by atoms with van der Waals surface area (Å²) in [6.07, 6.45) is 10.9. The number of nitrogens with one attached hydrogen (secondary N) is 1. The molecule has 2 atom stereocenters. The van der Waals surface area contributed by atoms with Gasteiger partial charge in [-0.1, -0.05) is 39.0 Å². The average molecular weight is 252 g/mol. The summed E-state index contributed by atoms with van der Waals surface area (Å²) in [5.74, 6) is 0. The van der Waals surface area contributed by atoms with E-state index >= 15 is 0 Å². The minimum absolute atomic E-state index is 0.285. The molecule has 1 aliphatic carbocycles. The van der Waals surface area contributed by atoms with E-state index in [2.05, 4.69) is 18.3 Å². The van der Waals surface area contributed by atoms with Crippen LogP contribution in [0.25, 0.3) is 0 Å². The molecule has 0 radical (unpaired) electrons. The van der Waals surface area contributed by atoms with Crippen LogP contribution >= 0.6 is 0 Å². The predicted molar refractivity (Wildman–Crippen MR) is 74.4 cm³/mol. The fourth-order valence-electron chi connectivity index (χ4n) is 2.66. The number of ether oxygens (including phenoxy) is 1. The molecule has 1 aliphatic rings. The second-order valence-corrected chi connectivity index (χ2v) is 5.45. The van der Waals surface area contributed by atoms with E-state index in [4.69, 9.17) is 10.00 Å². The summed E-state index contributed by atoms with van der Waals surface area (Å²) < 4.78 is 5.88. The standard InChI is InChI=1S/C15H28N2O/c1-3-4-5-6-7-8-11-18-14-9-10-15(12-14,13-16)17-2/h14,17H,3-12H2,1-2H3. The Morgan fingerprint density at radius 1 is 1.28 bits per heavy atom. The highest BCUT2D eigenvalue weighted by molar-refractivity contribution is 5.11. The van der Waals surface area contributed by atoms with Gasteiger partial charge in [0.15, 0.2) is 0 Å². The predicted octanol–water partition coefficient (Wildman–Crippen LogP) is 3.40. The first kappa shape index (κ1) is 15.5. The van der Waals surface area contributed by atoms with Gasteiger partial charge in [0.25, 0.3) is 0 Å². The number of unbranched alkanes of at least 4 members (excludes halogenated alkanes) is 5. The zero-order chi connectivity index (χ0) is 13.3. The van der Waals surface area contributed by atoms with Crippen molar-refractivity contribution in [3.8, 4) is 6.07 Å². The third kappa shape index (κ3) is 4.96. The van der Waals surface area contributed by atoms with Crippen LogP contribution in [-0.4, -0.2) is 25.3 Å². The van der Waals surface area contributed by atoms with Gasteiger partial charge in [0.1, 0.15) is 5.54 Å².